The molecule has 0 amide bonds. The van der Waals surface area contributed by atoms with Gasteiger partial charge in [-0.15, -0.1) is 0 Å². The van der Waals surface area contributed by atoms with E-state index in [9.17, 15) is 14.7 Å². The van der Waals surface area contributed by atoms with Gasteiger partial charge in [-0.25, -0.2) is 0 Å². The molecule has 122 valence electrons. The molecular weight excluding hydrogens is 274 g/mol. The maximum absolute atomic E-state index is 10.7. The Morgan fingerprint density at radius 1 is 0.952 bits per heavy atom. The van der Waals surface area contributed by atoms with E-state index in [1.807, 2.05) is 0 Å². The Hall–Kier alpha value is -1.40. The highest BCUT2D eigenvalue weighted by atomic mass is 16.4. The lowest BCUT2D eigenvalue weighted by molar-refractivity contribution is -0.944. The zero-order chi connectivity index (χ0) is 16.1. The molecular formula is C15H28NO5+. The zero-order valence-electron chi connectivity index (χ0n) is 12.8. The van der Waals surface area contributed by atoms with Gasteiger partial charge in [0.05, 0.1) is 32.5 Å². The van der Waals surface area contributed by atoms with Gasteiger partial charge >= 0.3 is 11.9 Å². The number of allylic oxidation sites excluding steroid dienone is 2. The third-order valence-electron chi connectivity index (χ3n) is 3.53. The second-order valence-corrected chi connectivity index (χ2v) is 5.34. The lowest BCUT2D eigenvalue weighted by Crippen LogP contribution is -2.51. The Morgan fingerprint density at radius 3 is 1.90 bits per heavy atom. The highest BCUT2D eigenvalue weighted by Gasteiger charge is 2.27. The van der Waals surface area contributed by atoms with Crippen LogP contribution in [0.4, 0.5) is 0 Å². The van der Waals surface area contributed by atoms with Gasteiger partial charge in [0.25, 0.3) is 0 Å². The largest absolute Gasteiger partial charge is 0.481 e. The summed E-state index contributed by atoms with van der Waals surface area (Å²) < 4.78 is 0.139. The van der Waals surface area contributed by atoms with Crippen LogP contribution in [0, 0.1) is 0 Å². The monoisotopic (exact) mass is 302 g/mol. The van der Waals surface area contributed by atoms with Gasteiger partial charge in [-0.3, -0.25) is 9.59 Å². The standard InChI is InChI=1S/C15H27NO5/c1-2-3-4-5-6-7-10-16(13-17,11-8-14(18)19)12-9-15(20)21/h4-5,17H,2-3,6-13H2,1H3,(H-,18,19,20,21)/p+1/b5-4+. The molecule has 0 bridgehead atoms. The Balaban J connectivity index is 4.45. The van der Waals surface area contributed by atoms with E-state index in [1.165, 1.54) is 0 Å². The average molecular weight is 302 g/mol. The minimum Gasteiger partial charge on any atom is -0.481 e. The predicted molar refractivity (Wildman–Crippen MR) is 79.7 cm³/mol. The van der Waals surface area contributed by atoms with Crippen molar-refractivity contribution in [1.29, 1.82) is 0 Å². The van der Waals surface area contributed by atoms with Crippen LogP contribution in [0.25, 0.3) is 0 Å². The van der Waals surface area contributed by atoms with Crippen LogP contribution < -0.4 is 0 Å². The molecule has 0 aromatic carbocycles. The Labute approximate surface area is 126 Å². The molecule has 0 radical (unpaired) electrons. The van der Waals surface area contributed by atoms with E-state index in [4.69, 9.17) is 10.2 Å². The van der Waals surface area contributed by atoms with Gasteiger partial charge in [0, 0.05) is 6.42 Å². The van der Waals surface area contributed by atoms with Gasteiger partial charge in [0.1, 0.15) is 0 Å². The van der Waals surface area contributed by atoms with Crippen LogP contribution in [-0.2, 0) is 9.59 Å². The molecule has 6 heteroatoms. The summed E-state index contributed by atoms with van der Waals surface area (Å²) in [5.41, 5.74) is 0. The molecule has 21 heavy (non-hydrogen) atoms. The van der Waals surface area contributed by atoms with Crippen LogP contribution in [0.15, 0.2) is 12.2 Å². The number of aliphatic carboxylic acids is 2. The number of hydrogen-bond donors (Lipinski definition) is 3. The van der Waals surface area contributed by atoms with E-state index in [0.717, 1.165) is 25.7 Å². The number of carbonyl (C=O) groups is 2. The number of carboxylic acids is 2. The molecule has 0 aromatic rings. The molecule has 0 saturated heterocycles. The SMILES string of the molecule is CCC/C=C/CCC[N+](CO)(CCC(=O)O)CCC(=O)O. The quantitative estimate of drug-likeness (QED) is 0.209. The number of aliphatic hydroxyl groups is 1. The molecule has 0 rings (SSSR count). The summed E-state index contributed by atoms with van der Waals surface area (Å²) in [7, 11) is 0. The Kier molecular flexibility index (Phi) is 10.5. The topological polar surface area (TPSA) is 94.8 Å². The highest BCUT2D eigenvalue weighted by Crippen LogP contribution is 2.12. The summed E-state index contributed by atoms with van der Waals surface area (Å²) in [6.45, 7) is 3.00. The number of rotatable bonds is 13. The van der Waals surface area contributed by atoms with Crippen molar-refractivity contribution < 1.29 is 29.4 Å². The second-order valence-electron chi connectivity index (χ2n) is 5.34. The van der Waals surface area contributed by atoms with Crippen molar-refractivity contribution in [3.05, 3.63) is 12.2 Å². The lowest BCUT2D eigenvalue weighted by atomic mass is 10.2. The number of nitrogens with zero attached hydrogens (tertiary/aromatic N) is 1. The first kappa shape index (κ1) is 19.6. The molecule has 6 nitrogen and oxygen atoms in total. The third kappa shape index (κ3) is 10.0. The van der Waals surface area contributed by atoms with Crippen molar-refractivity contribution in [1.82, 2.24) is 0 Å². The molecule has 0 aromatic heterocycles. The molecule has 0 unspecified atom stereocenters. The van der Waals surface area contributed by atoms with E-state index in [1.54, 1.807) is 0 Å². The molecule has 0 spiro atoms. The van der Waals surface area contributed by atoms with Crippen molar-refractivity contribution >= 4 is 11.9 Å². The van der Waals surface area contributed by atoms with Crippen molar-refractivity contribution in [3.8, 4) is 0 Å². The molecule has 0 aliphatic carbocycles. The molecule has 0 fully saturated rings. The van der Waals surface area contributed by atoms with Crippen LogP contribution in [-0.4, -0.2) is 58.1 Å². The number of quaternary nitrogens is 1. The van der Waals surface area contributed by atoms with E-state index in [0.29, 0.717) is 6.54 Å². The second kappa shape index (κ2) is 11.3. The van der Waals surface area contributed by atoms with Gasteiger partial charge in [0.15, 0.2) is 6.73 Å². The van der Waals surface area contributed by atoms with E-state index < -0.39 is 11.9 Å². The number of hydrogen-bond acceptors (Lipinski definition) is 3. The van der Waals surface area contributed by atoms with Gasteiger partial charge in [0.2, 0.25) is 0 Å². The first-order chi connectivity index (χ1) is 9.95. The first-order valence-corrected chi connectivity index (χ1v) is 7.50. The summed E-state index contributed by atoms with van der Waals surface area (Å²) >= 11 is 0. The molecule has 0 aliphatic heterocycles. The summed E-state index contributed by atoms with van der Waals surface area (Å²) in [5.74, 6) is -1.85. The summed E-state index contributed by atoms with van der Waals surface area (Å²) in [6, 6.07) is 0. The lowest BCUT2D eigenvalue weighted by Gasteiger charge is -2.36. The highest BCUT2D eigenvalue weighted by molar-refractivity contribution is 5.67. The fourth-order valence-corrected chi connectivity index (χ4v) is 2.16. The average Bonchev–Trinajstić information content (AvgIpc) is 2.45. The minimum atomic E-state index is -0.927. The summed E-state index contributed by atoms with van der Waals surface area (Å²) in [5, 5.41) is 27.2. The van der Waals surface area contributed by atoms with Crippen molar-refractivity contribution in [2.24, 2.45) is 0 Å². The van der Waals surface area contributed by atoms with Gasteiger partial charge in [-0.05, 0) is 12.8 Å². The third-order valence-corrected chi connectivity index (χ3v) is 3.53. The maximum atomic E-state index is 10.7. The molecule has 0 atom stereocenters. The summed E-state index contributed by atoms with van der Waals surface area (Å²) in [4.78, 5) is 21.5. The number of aliphatic hydroxyl groups excluding tert-OH is 1. The van der Waals surface area contributed by atoms with E-state index in [-0.39, 0.29) is 37.1 Å². The van der Waals surface area contributed by atoms with Gasteiger partial charge in [-0.1, -0.05) is 25.5 Å². The first-order valence-electron chi connectivity index (χ1n) is 7.50. The normalized spacial score (nSPS) is 11.9. The smallest absolute Gasteiger partial charge is 0.309 e. The van der Waals surface area contributed by atoms with Crippen LogP contribution in [0.5, 0.6) is 0 Å². The van der Waals surface area contributed by atoms with Crippen LogP contribution in [0.2, 0.25) is 0 Å². The van der Waals surface area contributed by atoms with Crippen LogP contribution >= 0.6 is 0 Å². The van der Waals surface area contributed by atoms with Gasteiger partial charge < -0.3 is 19.8 Å². The fourth-order valence-electron chi connectivity index (χ4n) is 2.16. The van der Waals surface area contributed by atoms with Gasteiger partial charge in [-0.2, -0.15) is 0 Å². The zero-order valence-corrected chi connectivity index (χ0v) is 12.8. The maximum Gasteiger partial charge on any atom is 0.309 e. The fraction of sp³-hybridized carbons (Fsp3) is 0.733. The molecule has 0 heterocycles. The molecule has 0 aliphatic rings. The van der Waals surface area contributed by atoms with E-state index >= 15 is 0 Å². The predicted octanol–water partition coefficient (Wildman–Crippen LogP) is 1.84. The molecule has 0 saturated carbocycles. The summed E-state index contributed by atoms with van der Waals surface area (Å²) in [6.07, 6.45) is 7.88. The van der Waals surface area contributed by atoms with Crippen LogP contribution in [0.3, 0.4) is 0 Å². The van der Waals surface area contributed by atoms with Crippen molar-refractivity contribution in [3.63, 3.8) is 0 Å². The van der Waals surface area contributed by atoms with Crippen LogP contribution in [0.1, 0.15) is 45.4 Å². The van der Waals surface area contributed by atoms with Crippen molar-refractivity contribution in [2.75, 3.05) is 26.4 Å². The Bertz CT molecular complexity index is 323. The number of unbranched alkanes of at least 4 members (excludes halogenated alkanes) is 2. The Morgan fingerprint density at radius 2 is 1.48 bits per heavy atom. The molecule has 3 N–H and O–H groups in total. The minimum absolute atomic E-state index is 0.0636. The van der Waals surface area contributed by atoms with Crippen molar-refractivity contribution in [2.45, 2.75) is 45.4 Å². The van der Waals surface area contributed by atoms with E-state index in [2.05, 4.69) is 19.1 Å². The number of carboxylic acid groups (broad SMARTS) is 2.